The van der Waals surface area contributed by atoms with E-state index < -0.39 is 11.2 Å². The zero-order valence-corrected chi connectivity index (χ0v) is 17.1. The summed E-state index contributed by atoms with van der Waals surface area (Å²) >= 11 is 1.94. The maximum atomic E-state index is 12.9. The van der Waals surface area contributed by atoms with Crippen molar-refractivity contribution in [3.8, 4) is 5.75 Å². The second-order valence-corrected chi connectivity index (χ2v) is 9.48. The summed E-state index contributed by atoms with van der Waals surface area (Å²) in [6.45, 7) is 4.39. The Morgan fingerprint density at radius 2 is 1.82 bits per heavy atom. The van der Waals surface area contributed by atoms with Crippen molar-refractivity contribution in [1.82, 2.24) is 9.58 Å². The Bertz CT molecular complexity index is 944. The molecule has 2 aliphatic heterocycles. The molecule has 3 atom stereocenters. The summed E-state index contributed by atoms with van der Waals surface area (Å²) in [6, 6.07) is 11.6. The molecule has 0 unspecified atom stereocenters. The second kappa shape index (κ2) is 7.20. The van der Waals surface area contributed by atoms with Crippen molar-refractivity contribution in [3.63, 3.8) is 0 Å². The number of pyridine rings is 1. The van der Waals surface area contributed by atoms with Gasteiger partial charge in [-0.25, -0.2) is 0 Å². The van der Waals surface area contributed by atoms with Crippen LogP contribution >= 0.6 is 11.8 Å². The first kappa shape index (κ1) is 18.9. The lowest BCUT2D eigenvalue weighted by molar-refractivity contribution is 0.0557. The fourth-order valence-corrected chi connectivity index (χ4v) is 5.73. The Labute approximate surface area is 168 Å². The molecule has 0 aliphatic carbocycles. The van der Waals surface area contributed by atoms with Gasteiger partial charge in [0, 0.05) is 24.6 Å². The minimum Gasteiger partial charge on any atom is -0.502 e. The third-order valence-corrected chi connectivity index (χ3v) is 6.90. The second-order valence-electron chi connectivity index (χ2n) is 7.65. The number of hydrogen-bond acceptors (Lipinski definition) is 5. The fraction of sp³-hybridized carbons (Fsp3) is 0.429. The van der Waals surface area contributed by atoms with Gasteiger partial charge in [-0.3, -0.25) is 19.3 Å². The monoisotopic (exact) mass is 399 g/mol. The van der Waals surface area contributed by atoms with E-state index in [-0.39, 0.29) is 23.8 Å². The number of rotatable bonds is 3. The van der Waals surface area contributed by atoms with Crippen LogP contribution in [0.4, 0.5) is 0 Å². The lowest BCUT2D eigenvalue weighted by Gasteiger charge is -2.54. The lowest BCUT2D eigenvalue weighted by Crippen LogP contribution is -2.64. The molecule has 2 aliphatic rings. The summed E-state index contributed by atoms with van der Waals surface area (Å²) in [6.07, 6.45) is 3.31. The third-order valence-electron chi connectivity index (χ3n) is 5.51. The van der Waals surface area contributed by atoms with E-state index in [9.17, 15) is 14.7 Å². The molecule has 148 valence electrons. The fourth-order valence-electron chi connectivity index (χ4n) is 4.33. The highest BCUT2D eigenvalue weighted by molar-refractivity contribution is 8.00. The molecule has 1 aromatic carbocycles. The predicted molar refractivity (Wildman–Crippen MR) is 111 cm³/mol. The number of carbonyl (C=O) groups is 1. The van der Waals surface area contributed by atoms with Crippen LogP contribution in [-0.4, -0.2) is 44.3 Å². The number of hydrogen-bond donors (Lipinski definition) is 1. The SMILES string of the molecule is CC(C)S[C@@H]1CC[C@H]2N(C)C(=O)c3c(O)c(=O)ccn3N2[C@@H]1c1ccccc1. The van der Waals surface area contributed by atoms with Crippen molar-refractivity contribution in [1.29, 1.82) is 0 Å². The molecule has 28 heavy (non-hydrogen) atoms. The van der Waals surface area contributed by atoms with Gasteiger partial charge in [-0.1, -0.05) is 44.2 Å². The molecule has 1 saturated heterocycles. The van der Waals surface area contributed by atoms with Gasteiger partial charge in [-0.05, 0) is 23.7 Å². The summed E-state index contributed by atoms with van der Waals surface area (Å²) in [4.78, 5) is 26.6. The van der Waals surface area contributed by atoms with Crippen LogP contribution in [0.3, 0.4) is 0 Å². The quantitative estimate of drug-likeness (QED) is 0.860. The van der Waals surface area contributed by atoms with E-state index in [2.05, 4.69) is 31.0 Å². The number of piperidine rings is 1. The van der Waals surface area contributed by atoms with Crippen LogP contribution < -0.4 is 10.4 Å². The number of fused-ring (bicyclic) bond motifs is 3. The summed E-state index contributed by atoms with van der Waals surface area (Å²) in [5.41, 5.74) is 0.674. The van der Waals surface area contributed by atoms with Gasteiger partial charge in [0.15, 0.2) is 11.4 Å². The largest absolute Gasteiger partial charge is 0.502 e. The number of aromatic hydroxyl groups is 1. The molecular weight excluding hydrogens is 374 g/mol. The van der Waals surface area contributed by atoms with Crippen LogP contribution in [0.5, 0.6) is 5.75 Å². The molecule has 0 saturated carbocycles. The van der Waals surface area contributed by atoms with Crippen molar-refractivity contribution in [3.05, 3.63) is 64.1 Å². The molecule has 1 aromatic heterocycles. The molecule has 1 amide bonds. The number of thioether (sulfide) groups is 1. The van der Waals surface area contributed by atoms with Gasteiger partial charge in [-0.15, -0.1) is 0 Å². The van der Waals surface area contributed by atoms with E-state index in [0.717, 1.165) is 18.4 Å². The number of amides is 1. The smallest absolute Gasteiger partial charge is 0.277 e. The first-order chi connectivity index (χ1) is 13.4. The summed E-state index contributed by atoms with van der Waals surface area (Å²) in [7, 11) is 1.75. The topological polar surface area (TPSA) is 65.8 Å². The van der Waals surface area contributed by atoms with Crippen molar-refractivity contribution in [2.45, 2.75) is 49.4 Å². The predicted octanol–water partition coefficient (Wildman–Crippen LogP) is 2.95. The first-order valence-electron chi connectivity index (χ1n) is 9.61. The van der Waals surface area contributed by atoms with Gasteiger partial charge in [-0.2, -0.15) is 11.8 Å². The molecule has 7 heteroatoms. The van der Waals surface area contributed by atoms with Gasteiger partial charge in [0.25, 0.3) is 5.91 Å². The number of carbonyl (C=O) groups excluding carboxylic acids is 1. The van der Waals surface area contributed by atoms with E-state index in [1.54, 1.807) is 22.8 Å². The van der Waals surface area contributed by atoms with E-state index in [0.29, 0.717) is 10.5 Å². The third kappa shape index (κ3) is 2.98. The van der Waals surface area contributed by atoms with Gasteiger partial charge in [0.1, 0.15) is 6.17 Å². The van der Waals surface area contributed by atoms with Crippen molar-refractivity contribution < 1.29 is 9.90 Å². The lowest BCUT2D eigenvalue weighted by atomic mass is 9.93. The van der Waals surface area contributed by atoms with Crippen LogP contribution in [0.1, 0.15) is 48.8 Å². The highest BCUT2D eigenvalue weighted by Crippen LogP contribution is 2.44. The molecule has 3 heterocycles. The average molecular weight is 400 g/mol. The zero-order valence-electron chi connectivity index (χ0n) is 16.3. The average Bonchev–Trinajstić information content (AvgIpc) is 2.68. The Kier molecular flexibility index (Phi) is 4.87. The molecule has 0 spiro atoms. The molecular formula is C21H25N3O3S. The Morgan fingerprint density at radius 3 is 2.50 bits per heavy atom. The Morgan fingerprint density at radius 1 is 1.11 bits per heavy atom. The van der Waals surface area contributed by atoms with Gasteiger partial charge in [0.2, 0.25) is 5.43 Å². The Hall–Kier alpha value is -2.41. The van der Waals surface area contributed by atoms with E-state index in [1.807, 2.05) is 30.0 Å². The molecule has 0 bridgehead atoms. The van der Waals surface area contributed by atoms with Crippen LogP contribution in [0, 0.1) is 0 Å². The standard InChI is InChI=1S/C21H25N3O3S/c1-13(2)28-16-9-10-17-22(3)21(27)19-20(26)15(25)11-12-23(19)24(17)18(16)14-7-5-4-6-8-14/h4-8,11-13,16-18,26H,9-10H2,1-3H3/t16-,17+,18-/m1/s1. The number of aromatic nitrogens is 1. The highest BCUT2D eigenvalue weighted by Gasteiger charge is 2.46. The minimum absolute atomic E-state index is 0.0172. The van der Waals surface area contributed by atoms with E-state index in [1.165, 1.54) is 6.07 Å². The van der Waals surface area contributed by atoms with Crippen LogP contribution in [0.25, 0.3) is 0 Å². The van der Waals surface area contributed by atoms with E-state index in [4.69, 9.17) is 0 Å². The molecule has 1 fully saturated rings. The van der Waals surface area contributed by atoms with Gasteiger partial charge < -0.3 is 10.0 Å². The van der Waals surface area contributed by atoms with E-state index >= 15 is 0 Å². The molecule has 4 rings (SSSR count). The van der Waals surface area contributed by atoms with Crippen LogP contribution in [0.2, 0.25) is 0 Å². The van der Waals surface area contributed by atoms with Crippen molar-refractivity contribution in [2.75, 3.05) is 12.1 Å². The van der Waals surface area contributed by atoms with Crippen molar-refractivity contribution >= 4 is 17.7 Å². The Balaban J connectivity index is 1.91. The molecule has 2 aromatic rings. The molecule has 0 radical (unpaired) electrons. The first-order valence-corrected chi connectivity index (χ1v) is 10.5. The zero-order chi connectivity index (χ0) is 20.0. The summed E-state index contributed by atoms with van der Waals surface area (Å²) in [5, 5.41) is 13.3. The normalized spacial score (nSPS) is 24.3. The van der Waals surface area contributed by atoms with Crippen LogP contribution in [0.15, 0.2) is 47.4 Å². The summed E-state index contributed by atoms with van der Waals surface area (Å²) in [5.74, 6) is -0.804. The number of nitrogens with zero attached hydrogens (tertiary/aromatic N) is 3. The van der Waals surface area contributed by atoms with Gasteiger partial charge in [0.05, 0.1) is 6.04 Å². The van der Waals surface area contributed by atoms with Gasteiger partial charge >= 0.3 is 0 Å². The number of benzene rings is 1. The minimum atomic E-state index is -0.534. The molecule has 1 N–H and O–H groups in total. The van der Waals surface area contributed by atoms with Crippen LogP contribution in [-0.2, 0) is 0 Å². The molecule has 6 nitrogen and oxygen atoms in total. The van der Waals surface area contributed by atoms with Crippen molar-refractivity contribution in [2.24, 2.45) is 0 Å². The summed E-state index contributed by atoms with van der Waals surface area (Å²) < 4.78 is 1.70. The maximum absolute atomic E-state index is 12.9. The maximum Gasteiger partial charge on any atom is 0.277 e. The highest BCUT2D eigenvalue weighted by atomic mass is 32.2.